The van der Waals surface area contributed by atoms with E-state index in [2.05, 4.69) is 16.0 Å². The van der Waals surface area contributed by atoms with Gasteiger partial charge < -0.3 is 36.2 Å². The molecule has 2 aliphatic heterocycles. The lowest BCUT2D eigenvalue weighted by atomic mass is 10.1. The Hall–Kier alpha value is -2.73. The van der Waals surface area contributed by atoms with Crippen LogP contribution in [0.25, 0.3) is 0 Å². The summed E-state index contributed by atoms with van der Waals surface area (Å²) in [5.74, 6) is -4.66. The second kappa shape index (κ2) is 10.3. The molecule has 5 unspecified atom stereocenters. The molecule has 3 amide bonds. The largest absolute Gasteiger partial charge is 0.481 e. The maximum Gasteiger partial charge on any atom is 0.328 e. The van der Waals surface area contributed by atoms with Gasteiger partial charge in [0.25, 0.3) is 0 Å². The average Bonchev–Trinajstić information content (AvgIpc) is 3.35. The SMILES string of the molecule is CC(O)C(NC(=O)C1CCCN1C(=O)C(CC(=O)O)NC(=O)C1CCCN1)C(=O)O. The molecule has 6 N–H and O–H groups in total. The van der Waals surface area contributed by atoms with E-state index in [1.54, 1.807) is 0 Å². The summed E-state index contributed by atoms with van der Waals surface area (Å²) >= 11 is 0. The first kappa shape index (κ1) is 23.5. The lowest BCUT2D eigenvalue weighted by Crippen LogP contribution is -2.58. The zero-order valence-electron chi connectivity index (χ0n) is 16.7. The van der Waals surface area contributed by atoms with Crippen LogP contribution in [-0.4, -0.2) is 93.2 Å². The summed E-state index contributed by atoms with van der Waals surface area (Å²) in [6, 6.07) is -4.42. The number of carbonyl (C=O) groups excluding carboxylic acids is 3. The minimum atomic E-state index is -1.54. The standard InChI is InChI=1S/C18H28N4O8/c1-9(23)14(18(29)30)21-16(27)12-5-3-7-22(12)17(28)11(8-13(24)25)20-15(26)10-4-2-6-19-10/h9-12,14,19,23H,2-8H2,1H3,(H,20,26)(H,21,27)(H,24,25)(H,29,30). The summed E-state index contributed by atoms with van der Waals surface area (Å²) < 4.78 is 0. The van der Waals surface area contributed by atoms with Gasteiger partial charge in [-0.05, 0) is 39.2 Å². The number of amides is 3. The maximum absolute atomic E-state index is 13.0. The molecule has 2 fully saturated rings. The highest BCUT2D eigenvalue weighted by Gasteiger charge is 2.40. The molecule has 2 heterocycles. The Bertz CT molecular complexity index is 692. The van der Waals surface area contributed by atoms with Gasteiger partial charge in [-0.25, -0.2) is 4.79 Å². The fourth-order valence-corrected chi connectivity index (χ4v) is 3.70. The summed E-state index contributed by atoms with van der Waals surface area (Å²) in [4.78, 5) is 61.5. The van der Waals surface area contributed by atoms with Crippen LogP contribution in [0, 0.1) is 0 Å². The van der Waals surface area contributed by atoms with Crippen LogP contribution >= 0.6 is 0 Å². The van der Waals surface area contributed by atoms with Crippen molar-refractivity contribution in [3.05, 3.63) is 0 Å². The fourth-order valence-electron chi connectivity index (χ4n) is 3.70. The van der Waals surface area contributed by atoms with Crippen LogP contribution < -0.4 is 16.0 Å². The average molecular weight is 428 g/mol. The van der Waals surface area contributed by atoms with E-state index in [9.17, 15) is 29.1 Å². The normalized spacial score (nSPS) is 24.0. The Balaban J connectivity index is 2.10. The Kier molecular flexibility index (Phi) is 8.12. The number of aliphatic carboxylic acids is 2. The smallest absolute Gasteiger partial charge is 0.328 e. The molecule has 12 heteroatoms. The van der Waals surface area contributed by atoms with Crippen LogP contribution in [0.1, 0.15) is 39.0 Å². The quantitative estimate of drug-likeness (QED) is 0.234. The Morgan fingerprint density at radius 2 is 1.77 bits per heavy atom. The molecule has 2 rings (SSSR count). The number of hydrogen-bond acceptors (Lipinski definition) is 7. The van der Waals surface area contributed by atoms with E-state index in [0.717, 1.165) is 11.3 Å². The van der Waals surface area contributed by atoms with Gasteiger partial charge in [0.1, 0.15) is 12.1 Å². The highest BCUT2D eigenvalue weighted by Crippen LogP contribution is 2.20. The summed E-state index contributed by atoms with van der Waals surface area (Å²) in [6.07, 6.45) is 0.0706. The van der Waals surface area contributed by atoms with Crippen molar-refractivity contribution >= 4 is 29.7 Å². The van der Waals surface area contributed by atoms with Crippen molar-refractivity contribution < 1.29 is 39.3 Å². The fraction of sp³-hybridized carbons (Fsp3) is 0.722. The van der Waals surface area contributed by atoms with Crippen molar-refractivity contribution in [3.8, 4) is 0 Å². The molecule has 0 aliphatic carbocycles. The first-order chi connectivity index (χ1) is 14.1. The minimum absolute atomic E-state index is 0.164. The molecule has 2 saturated heterocycles. The van der Waals surface area contributed by atoms with Crippen molar-refractivity contribution in [1.29, 1.82) is 0 Å². The van der Waals surface area contributed by atoms with Crippen molar-refractivity contribution in [2.75, 3.05) is 13.1 Å². The third kappa shape index (κ3) is 5.89. The third-order valence-electron chi connectivity index (χ3n) is 5.25. The van der Waals surface area contributed by atoms with E-state index < -0.39 is 66.4 Å². The molecule has 12 nitrogen and oxygen atoms in total. The molecule has 2 aliphatic rings. The molecule has 0 spiro atoms. The number of aliphatic hydroxyl groups excluding tert-OH is 1. The van der Waals surface area contributed by atoms with Crippen molar-refractivity contribution in [3.63, 3.8) is 0 Å². The topological polar surface area (TPSA) is 185 Å². The molecule has 0 saturated carbocycles. The molecule has 0 radical (unpaired) electrons. The van der Waals surface area contributed by atoms with Crippen LogP contribution in [0.15, 0.2) is 0 Å². The highest BCUT2D eigenvalue weighted by atomic mass is 16.4. The zero-order chi connectivity index (χ0) is 22.4. The molecule has 0 aromatic rings. The molecule has 0 aromatic heterocycles. The lowest BCUT2D eigenvalue weighted by molar-refractivity contribution is -0.148. The Morgan fingerprint density at radius 3 is 2.30 bits per heavy atom. The monoisotopic (exact) mass is 428 g/mol. The predicted octanol–water partition coefficient (Wildman–Crippen LogP) is -2.36. The molecule has 168 valence electrons. The van der Waals surface area contributed by atoms with Gasteiger partial charge in [-0.1, -0.05) is 0 Å². The number of carbonyl (C=O) groups is 5. The van der Waals surface area contributed by atoms with Crippen LogP contribution in [0.3, 0.4) is 0 Å². The van der Waals surface area contributed by atoms with Gasteiger partial charge >= 0.3 is 11.9 Å². The predicted molar refractivity (Wildman–Crippen MR) is 101 cm³/mol. The van der Waals surface area contributed by atoms with E-state index in [-0.39, 0.29) is 13.0 Å². The van der Waals surface area contributed by atoms with E-state index in [1.165, 1.54) is 6.92 Å². The molecule has 0 bridgehead atoms. The second-order valence-electron chi connectivity index (χ2n) is 7.56. The molecular weight excluding hydrogens is 400 g/mol. The van der Waals surface area contributed by atoms with E-state index in [1.807, 2.05) is 0 Å². The molecule has 0 aromatic carbocycles. The van der Waals surface area contributed by atoms with Crippen LogP contribution in [0.2, 0.25) is 0 Å². The number of carboxylic acid groups (broad SMARTS) is 2. The van der Waals surface area contributed by atoms with Crippen LogP contribution in [-0.2, 0) is 24.0 Å². The van der Waals surface area contributed by atoms with Gasteiger partial charge in [0.15, 0.2) is 6.04 Å². The van der Waals surface area contributed by atoms with Gasteiger partial charge in [-0.3, -0.25) is 19.2 Å². The molecular formula is C18H28N4O8. The number of hydrogen-bond donors (Lipinski definition) is 6. The van der Waals surface area contributed by atoms with Crippen LogP contribution in [0.4, 0.5) is 0 Å². The third-order valence-corrected chi connectivity index (χ3v) is 5.25. The Labute approximate surface area is 173 Å². The molecule has 5 atom stereocenters. The van der Waals surface area contributed by atoms with E-state index >= 15 is 0 Å². The van der Waals surface area contributed by atoms with E-state index in [4.69, 9.17) is 10.2 Å². The second-order valence-corrected chi connectivity index (χ2v) is 7.56. The number of nitrogens with zero attached hydrogens (tertiary/aromatic N) is 1. The van der Waals surface area contributed by atoms with Crippen molar-refractivity contribution in [2.45, 2.75) is 69.3 Å². The number of carboxylic acids is 2. The summed E-state index contributed by atoms with van der Waals surface area (Å²) in [7, 11) is 0. The van der Waals surface area contributed by atoms with Gasteiger partial charge in [-0.2, -0.15) is 0 Å². The number of nitrogens with one attached hydrogen (secondary N) is 3. The van der Waals surface area contributed by atoms with Gasteiger partial charge in [0, 0.05) is 6.54 Å². The van der Waals surface area contributed by atoms with E-state index in [0.29, 0.717) is 19.4 Å². The van der Waals surface area contributed by atoms with Gasteiger partial charge in [0.2, 0.25) is 17.7 Å². The van der Waals surface area contributed by atoms with Crippen molar-refractivity contribution in [2.24, 2.45) is 0 Å². The number of rotatable bonds is 9. The summed E-state index contributed by atoms with van der Waals surface area (Å²) in [6.45, 7) is 2.03. The number of likely N-dealkylation sites (tertiary alicyclic amines) is 1. The minimum Gasteiger partial charge on any atom is -0.481 e. The first-order valence-electron chi connectivity index (χ1n) is 9.89. The summed E-state index contributed by atoms with van der Waals surface area (Å²) in [5, 5.41) is 35.5. The number of aliphatic hydroxyl groups is 1. The lowest BCUT2D eigenvalue weighted by Gasteiger charge is -2.29. The van der Waals surface area contributed by atoms with Crippen molar-refractivity contribution in [1.82, 2.24) is 20.9 Å². The molecule has 30 heavy (non-hydrogen) atoms. The van der Waals surface area contributed by atoms with Gasteiger partial charge in [0.05, 0.1) is 18.6 Å². The summed E-state index contributed by atoms with van der Waals surface area (Å²) in [5.41, 5.74) is 0. The Morgan fingerprint density at radius 1 is 1.07 bits per heavy atom. The zero-order valence-corrected chi connectivity index (χ0v) is 16.7. The first-order valence-corrected chi connectivity index (χ1v) is 9.89. The highest BCUT2D eigenvalue weighted by molar-refractivity contribution is 5.96. The van der Waals surface area contributed by atoms with Gasteiger partial charge in [-0.15, -0.1) is 0 Å². The maximum atomic E-state index is 13.0. The van der Waals surface area contributed by atoms with Crippen LogP contribution in [0.5, 0.6) is 0 Å².